The van der Waals surface area contributed by atoms with Crippen molar-refractivity contribution in [1.29, 1.82) is 0 Å². The van der Waals surface area contributed by atoms with Gasteiger partial charge in [-0.3, -0.25) is 0 Å². The predicted molar refractivity (Wildman–Crippen MR) is 56.9 cm³/mol. The van der Waals surface area contributed by atoms with Crippen LogP contribution < -0.4 is 37.2 Å². The van der Waals surface area contributed by atoms with Gasteiger partial charge in [0.05, 0.1) is 0 Å². The van der Waals surface area contributed by atoms with Crippen molar-refractivity contribution in [2.24, 2.45) is 0 Å². The zero-order chi connectivity index (χ0) is 9.26. The van der Waals surface area contributed by atoms with E-state index in [1.54, 1.807) is 0 Å². The Morgan fingerprint density at radius 1 is 0.941 bits per heavy atom. The summed E-state index contributed by atoms with van der Waals surface area (Å²) in [4.78, 5) is 0. The van der Waals surface area contributed by atoms with Crippen LogP contribution in [-0.4, -0.2) is 0 Å². The van der Waals surface area contributed by atoms with E-state index in [9.17, 15) is 0 Å². The summed E-state index contributed by atoms with van der Waals surface area (Å²) >= 11 is 0. The first-order valence-electron chi connectivity index (χ1n) is 4.57. The first-order chi connectivity index (χ1) is 6.27. The molecule has 0 aliphatic heterocycles. The number of halogens is 3. The molecule has 91 valence electrons. The number of benzene rings is 1. The molecule has 2 aromatic carbocycles. The van der Waals surface area contributed by atoms with E-state index in [0.29, 0.717) is 0 Å². The third-order valence-electron chi connectivity index (χ3n) is 2.36. The van der Waals surface area contributed by atoms with Crippen molar-refractivity contribution >= 4 is 0 Å². The minimum absolute atomic E-state index is 0. The molecule has 4 heteroatoms. The van der Waals surface area contributed by atoms with Crippen LogP contribution in [-0.2, 0) is 18.6 Å². The summed E-state index contributed by atoms with van der Waals surface area (Å²) in [5, 5.41) is 0. The van der Waals surface area contributed by atoms with E-state index in [4.69, 9.17) is 0 Å². The summed E-state index contributed by atoms with van der Waals surface area (Å²) in [6.45, 7) is 4.28. The number of aryl methyl sites for hydroxylation is 2. The molecule has 0 fully saturated rings. The van der Waals surface area contributed by atoms with Gasteiger partial charge in [0.25, 0.3) is 0 Å². The van der Waals surface area contributed by atoms with Gasteiger partial charge in [-0.15, -0.1) is 11.1 Å². The third kappa shape index (κ3) is 5.46. The molecule has 2 rings (SSSR count). The Kier molecular flexibility index (Phi) is 13.1. The van der Waals surface area contributed by atoms with Crippen molar-refractivity contribution in [2.45, 2.75) is 13.8 Å². The van der Waals surface area contributed by atoms with Crippen molar-refractivity contribution in [3.05, 3.63) is 53.6 Å². The van der Waals surface area contributed by atoms with Crippen LogP contribution in [0.1, 0.15) is 11.1 Å². The average molecular weight is 327 g/mol. The summed E-state index contributed by atoms with van der Waals surface area (Å²) in [5.74, 6) is 0. The molecule has 0 saturated heterocycles. The van der Waals surface area contributed by atoms with Gasteiger partial charge < -0.3 is 37.2 Å². The number of rotatable bonds is 1. The first-order valence-corrected chi connectivity index (χ1v) is 4.57. The molecule has 0 heterocycles. The molecule has 0 bridgehead atoms. The average Bonchev–Trinajstić information content (AvgIpc) is 2.51. The molecule has 0 N–H and O–H groups in total. The molecule has 0 amide bonds. The van der Waals surface area contributed by atoms with E-state index in [2.05, 4.69) is 56.3 Å². The van der Waals surface area contributed by atoms with E-state index >= 15 is 0 Å². The Bertz CT molecular complexity index is 424. The van der Waals surface area contributed by atoms with Gasteiger partial charge in [0.1, 0.15) is 0 Å². The van der Waals surface area contributed by atoms with E-state index in [-0.39, 0.29) is 55.8 Å². The normalized spacial score (nSPS) is 7.88. The van der Waals surface area contributed by atoms with Crippen LogP contribution in [0.3, 0.4) is 0 Å². The maximum absolute atomic E-state index is 2.22. The number of hydrogen-bond acceptors (Lipinski definition) is 0. The minimum atomic E-state index is 0. The largest absolute Gasteiger partial charge is 4.00 e. The molecule has 2 aromatic rings. The second kappa shape index (κ2) is 9.99. The van der Waals surface area contributed by atoms with Gasteiger partial charge in [0, 0.05) is 0 Å². The van der Waals surface area contributed by atoms with Gasteiger partial charge in [0.15, 0.2) is 0 Å². The molecule has 0 aliphatic carbocycles. The summed E-state index contributed by atoms with van der Waals surface area (Å²) in [6.07, 6.45) is 0. The van der Waals surface area contributed by atoms with E-state index in [1.807, 2.05) is 0 Å². The van der Waals surface area contributed by atoms with Gasteiger partial charge in [-0.05, 0) is 6.92 Å². The van der Waals surface area contributed by atoms with E-state index < -0.39 is 0 Å². The molecule has 0 unspecified atom stereocenters. The van der Waals surface area contributed by atoms with Gasteiger partial charge in [-0.1, -0.05) is 42.3 Å². The Labute approximate surface area is 134 Å². The fraction of sp³-hybridized carbons (Fsp3) is 0.154. The monoisotopic (exact) mass is 325 g/mol. The maximum atomic E-state index is 2.22. The van der Waals surface area contributed by atoms with Gasteiger partial charge in [0.2, 0.25) is 0 Å². The van der Waals surface area contributed by atoms with Crippen LogP contribution in [0.4, 0.5) is 0 Å². The van der Waals surface area contributed by atoms with Gasteiger partial charge in [-0.2, -0.15) is 18.2 Å². The van der Waals surface area contributed by atoms with Crippen LogP contribution in [0.2, 0.25) is 0 Å². The molecular formula is C13H13Cl3V. The maximum Gasteiger partial charge on any atom is 4.00 e. The molecule has 1 radical (unpaired) electrons. The minimum Gasteiger partial charge on any atom is -1.00 e. The van der Waals surface area contributed by atoms with E-state index in [0.717, 1.165) is 0 Å². The fourth-order valence-corrected chi connectivity index (χ4v) is 1.65. The fourth-order valence-electron chi connectivity index (χ4n) is 1.65. The van der Waals surface area contributed by atoms with Crippen LogP contribution in [0.5, 0.6) is 0 Å². The summed E-state index contributed by atoms with van der Waals surface area (Å²) in [5.41, 5.74) is 5.34. The predicted octanol–water partition coefficient (Wildman–Crippen LogP) is -5.30. The quantitative estimate of drug-likeness (QED) is 0.460. The molecule has 0 aromatic heterocycles. The Hall–Kier alpha value is 0.0244. The Balaban J connectivity index is -0.000000490. The van der Waals surface area contributed by atoms with Crippen molar-refractivity contribution in [3.8, 4) is 11.1 Å². The molecule has 0 saturated carbocycles. The first kappa shape index (κ1) is 22.2. The van der Waals surface area contributed by atoms with Crippen LogP contribution in [0.25, 0.3) is 11.1 Å². The van der Waals surface area contributed by atoms with Crippen LogP contribution in [0, 0.1) is 13.8 Å². The molecule has 0 atom stereocenters. The SMILES string of the molecule is Cc1cccc(-c2ccc[c-]2C)c1.[Cl-].[Cl-].[Cl-].[V+4]. The van der Waals surface area contributed by atoms with Crippen molar-refractivity contribution in [2.75, 3.05) is 0 Å². The molecule has 0 nitrogen and oxygen atoms in total. The van der Waals surface area contributed by atoms with Gasteiger partial charge in [-0.25, -0.2) is 0 Å². The molecule has 17 heavy (non-hydrogen) atoms. The van der Waals surface area contributed by atoms with Crippen molar-refractivity contribution in [1.82, 2.24) is 0 Å². The van der Waals surface area contributed by atoms with Crippen molar-refractivity contribution < 1.29 is 55.8 Å². The van der Waals surface area contributed by atoms with Crippen LogP contribution in [0.15, 0.2) is 42.5 Å². The van der Waals surface area contributed by atoms with Crippen LogP contribution >= 0.6 is 0 Å². The zero-order valence-corrected chi connectivity index (χ0v) is 13.3. The number of hydrogen-bond donors (Lipinski definition) is 0. The zero-order valence-electron chi connectivity index (χ0n) is 9.62. The standard InChI is InChI=1S/C13H13.3ClH.V/c1-10-5-3-7-12(9-10)13-8-4-6-11(13)2;;;;/h3-9H,1-2H3;3*1H;/q-1;;;;+4/p-3. The van der Waals surface area contributed by atoms with Crippen molar-refractivity contribution in [3.63, 3.8) is 0 Å². The molecule has 0 aliphatic rings. The second-order valence-corrected chi connectivity index (χ2v) is 3.49. The van der Waals surface area contributed by atoms with Gasteiger partial charge >= 0.3 is 18.6 Å². The van der Waals surface area contributed by atoms with E-state index in [1.165, 1.54) is 22.3 Å². The molecular weight excluding hydrogens is 313 g/mol. The summed E-state index contributed by atoms with van der Waals surface area (Å²) in [7, 11) is 0. The smallest absolute Gasteiger partial charge is 1.00 e. The summed E-state index contributed by atoms with van der Waals surface area (Å²) in [6, 6.07) is 15.0. The summed E-state index contributed by atoms with van der Waals surface area (Å²) < 4.78 is 0. The second-order valence-electron chi connectivity index (χ2n) is 3.49. The Morgan fingerprint density at radius 2 is 1.59 bits per heavy atom. The third-order valence-corrected chi connectivity index (χ3v) is 2.36. The Morgan fingerprint density at radius 3 is 2.06 bits per heavy atom. The topological polar surface area (TPSA) is 0 Å². The molecule has 0 spiro atoms.